The highest BCUT2D eigenvalue weighted by Gasteiger charge is 2.31. The van der Waals surface area contributed by atoms with E-state index in [1.165, 1.54) is 13.4 Å². The second-order valence-corrected chi connectivity index (χ2v) is 13.3. The maximum absolute atomic E-state index is 14.0. The van der Waals surface area contributed by atoms with Crippen molar-refractivity contribution in [1.29, 1.82) is 0 Å². The van der Waals surface area contributed by atoms with Crippen molar-refractivity contribution in [3.8, 4) is 11.5 Å². The number of hydrogen-bond acceptors (Lipinski definition) is 8. The first-order chi connectivity index (χ1) is 25.6. The molecule has 5 rings (SSSR count). The van der Waals surface area contributed by atoms with E-state index in [-0.39, 0.29) is 43.7 Å². The lowest BCUT2D eigenvalue weighted by Gasteiger charge is -2.27. The molecule has 53 heavy (non-hydrogen) atoms. The Hall–Kier alpha value is -5.92. The Morgan fingerprint density at radius 1 is 0.925 bits per heavy atom. The minimum Gasteiger partial charge on any atom is -0.493 e. The zero-order valence-corrected chi connectivity index (χ0v) is 30.2. The third-order valence-electron chi connectivity index (χ3n) is 8.99. The van der Waals surface area contributed by atoms with Crippen molar-refractivity contribution >= 4 is 40.6 Å². The van der Waals surface area contributed by atoms with Crippen LogP contribution >= 0.6 is 0 Å². The fraction of sp³-hybridized carbons (Fsp3) is 0.385. The van der Waals surface area contributed by atoms with Crippen molar-refractivity contribution in [2.75, 3.05) is 26.8 Å². The van der Waals surface area contributed by atoms with E-state index in [2.05, 4.69) is 36.6 Å². The number of imidazole rings is 1. The number of rotatable bonds is 6. The molecule has 1 aliphatic rings. The number of H-pyrrole nitrogens is 1. The van der Waals surface area contributed by atoms with Gasteiger partial charge in [0.1, 0.15) is 18.1 Å². The molecule has 0 aliphatic carbocycles. The summed E-state index contributed by atoms with van der Waals surface area (Å²) < 4.78 is 11.2. The number of carbonyl (C=O) groups is 5. The van der Waals surface area contributed by atoms with Gasteiger partial charge in [-0.2, -0.15) is 0 Å². The number of aromatic nitrogens is 2. The molecule has 3 atom stereocenters. The van der Waals surface area contributed by atoms with E-state index in [1.807, 2.05) is 50.2 Å². The van der Waals surface area contributed by atoms with Crippen molar-refractivity contribution in [2.24, 2.45) is 5.92 Å². The Balaban J connectivity index is 1.40. The summed E-state index contributed by atoms with van der Waals surface area (Å²) in [5.41, 5.74) is 3.37. The molecule has 0 unspecified atom stereocenters. The van der Waals surface area contributed by atoms with Gasteiger partial charge in [0.05, 0.1) is 24.5 Å². The van der Waals surface area contributed by atoms with Gasteiger partial charge in [-0.3, -0.25) is 24.0 Å². The van der Waals surface area contributed by atoms with Crippen LogP contribution in [0.2, 0.25) is 0 Å². The first kappa shape index (κ1) is 38.3. The van der Waals surface area contributed by atoms with E-state index >= 15 is 0 Å². The molecule has 1 aromatic heterocycles. The van der Waals surface area contributed by atoms with Crippen LogP contribution in [0, 0.1) is 5.92 Å². The minimum atomic E-state index is -1.08. The number of hydrogen-bond donors (Lipinski definition) is 6. The number of aromatic amines is 1. The first-order valence-corrected chi connectivity index (χ1v) is 17.8. The van der Waals surface area contributed by atoms with E-state index < -0.39 is 35.8 Å². The predicted molar refractivity (Wildman–Crippen MR) is 198 cm³/mol. The topological polar surface area (TPSA) is 193 Å². The summed E-state index contributed by atoms with van der Waals surface area (Å²) in [6.07, 6.45) is 3.33. The number of carbonyl (C=O) groups excluding carboxylic acids is 5. The molecule has 0 fully saturated rings. The third-order valence-corrected chi connectivity index (χ3v) is 8.99. The number of benzene rings is 3. The fourth-order valence-corrected chi connectivity index (χ4v) is 6.04. The lowest BCUT2D eigenvalue weighted by atomic mass is 10.00. The summed E-state index contributed by atoms with van der Waals surface area (Å²) >= 11 is 0. The molecule has 14 nitrogen and oxygen atoms in total. The quantitative estimate of drug-likeness (QED) is 0.175. The van der Waals surface area contributed by atoms with Gasteiger partial charge < -0.3 is 41.0 Å². The van der Waals surface area contributed by atoms with Gasteiger partial charge in [-0.05, 0) is 73.1 Å². The Morgan fingerprint density at radius 2 is 1.72 bits per heavy atom. The zero-order valence-electron chi connectivity index (χ0n) is 30.2. The van der Waals surface area contributed by atoms with E-state index in [4.69, 9.17) is 9.47 Å². The van der Waals surface area contributed by atoms with Crippen LogP contribution in [0.3, 0.4) is 0 Å². The van der Waals surface area contributed by atoms with E-state index in [0.717, 1.165) is 11.1 Å². The van der Waals surface area contributed by atoms with E-state index in [0.29, 0.717) is 53.9 Å². The van der Waals surface area contributed by atoms with Crippen LogP contribution in [0.4, 0.5) is 0 Å². The van der Waals surface area contributed by atoms with Crippen LogP contribution < -0.4 is 36.1 Å². The molecule has 5 amide bonds. The maximum Gasteiger partial charge on any atom is 0.257 e. The van der Waals surface area contributed by atoms with Crippen molar-refractivity contribution < 1.29 is 33.4 Å². The number of aryl methyl sites for hydroxylation is 1. The largest absolute Gasteiger partial charge is 0.493 e. The molecule has 0 saturated carbocycles. The van der Waals surface area contributed by atoms with E-state index in [9.17, 15) is 24.0 Å². The van der Waals surface area contributed by atoms with Gasteiger partial charge in [-0.25, -0.2) is 4.98 Å². The highest BCUT2D eigenvalue weighted by atomic mass is 16.5. The van der Waals surface area contributed by atoms with Crippen molar-refractivity contribution in [1.82, 2.24) is 36.6 Å². The summed E-state index contributed by atoms with van der Waals surface area (Å²) in [4.78, 5) is 74.8. The molecule has 1 aliphatic heterocycles. The van der Waals surface area contributed by atoms with Crippen LogP contribution in [0.25, 0.3) is 11.0 Å². The average Bonchev–Trinajstić information content (AvgIpc) is 3.63. The summed E-state index contributed by atoms with van der Waals surface area (Å²) in [7, 11) is 1.51. The number of nitrogens with zero attached hydrogens (tertiary/aromatic N) is 1. The number of ether oxygens (including phenoxy) is 2. The molecule has 0 spiro atoms. The Morgan fingerprint density at radius 3 is 2.49 bits per heavy atom. The number of methoxy groups -OCH3 is 1. The smallest absolute Gasteiger partial charge is 0.257 e. The van der Waals surface area contributed by atoms with Crippen LogP contribution in [0.5, 0.6) is 11.5 Å². The monoisotopic (exact) mass is 725 g/mol. The Kier molecular flexibility index (Phi) is 13.4. The molecular formula is C39H47N7O7. The van der Waals surface area contributed by atoms with Crippen molar-refractivity contribution in [2.45, 2.75) is 64.1 Å². The average molecular weight is 726 g/mol. The van der Waals surface area contributed by atoms with E-state index in [1.54, 1.807) is 30.3 Å². The summed E-state index contributed by atoms with van der Waals surface area (Å²) in [6, 6.07) is 16.6. The molecule has 2 bridgehead atoms. The molecule has 14 heteroatoms. The predicted octanol–water partition coefficient (Wildman–Crippen LogP) is 2.58. The molecule has 2 heterocycles. The Bertz CT molecular complexity index is 1900. The molecule has 6 N–H and O–H groups in total. The van der Waals surface area contributed by atoms with Crippen LogP contribution in [-0.4, -0.2) is 84.4 Å². The molecule has 4 aromatic rings. The van der Waals surface area contributed by atoms with Gasteiger partial charge in [0.25, 0.3) is 11.8 Å². The van der Waals surface area contributed by atoms with Gasteiger partial charge in [-0.15, -0.1) is 0 Å². The van der Waals surface area contributed by atoms with Crippen LogP contribution in [-0.2, 0) is 32.0 Å². The van der Waals surface area contributed by atoms with Crippen LogP contribution in [0.1, 0.15) is 54.6 Å². The van der Waals surface area contributed by atoms with Crippen LogP contribution in [0.15, 0.2) is 73.1 Å². The first-order valence-electron chi connectivity index (χ1n) is 17.8. The summed E-state index contributed by atoms with van der Waals surface area (Å²) in [6.45, 7) is 3.95. The van der Waals surface area contributed by atoms with Gasteiger partial charge in [0.2, 0.25) is 17.7 Å². The zero-order chi connectivity index (χ0) is 37.7. The highest BCUT2D eigenvalue weighted by Crippen LogP contribution is 2.28. The van der Waals surface area contributed by atoms with Gasteiger partial charge in [0.15, 0.2) is 18.1 Å². The molecular weight excluding hydrogens is 678 g/mol. The molecule has 0 saturated heterocycles. The number of fused-ring (bicyclic) bond motifs is 3. The third kappa shape index (κ3) is 10.8. The Labute approximate surface area is 308 Å². The molecule has 0 radical (unpaired) electrons. The minimum absolute atomic E-state index is 0.136. The number of amides is 5. The summed E-state index contributed by atoms with van der Waals surface area (Å²) in [5, 5.41) is 14.3. The van der Waals surface area contributed by atoms with Crippen molar-refractivity contribution in [3.63, 3.8) is 0 Å². The van der Waals surface area contributed by atoms with Gasteiger partial charge in [0, 0.05) is 25.1 Å². The standard InChI is InChI=1S/C39H47N7O7/c1-24(2)35-39(51)41-18-7-11-26-13-16-32(52-3)33(20-26)53-22-34(47)40-17-8-12-29(44-36(48)27-14-15-28-30(21-27)43-23-42-28)37(49)45-31(38(50)46-35)19-25-9-5-4-6-10-25/h4-6,9-10,13-16,20-21,23-24,29,31,35H,7-8,11-12,17-19,22H2,1-3H3,(H,40,47)(H,41,51)(H,42,43)(H,44,48)(H,45,49)(H,46,50)/t29-,31-,35+/m0/s1. The number of nitrogens with one attached hydrogen (secondary N) is 6. The van der Waals surface area contributed by atoms with Crippen molar-refractivity contribution in [3.05, 3.63) is 89.7 Å². The normalized spacial score (nSPS) is 19.7. The van der Waals surface area contributed by atoms with Gasteiger partial charge >= 0.3 is 0 Å². The van der Waals surface area contributed by atoms with Gasteiger partial charge in [-0.1, -0.05) is 50.2 Å². The lowest BCUT2D eigenvalue weighted by Crippen LogP contribution is -2.58. The second-order valence-electron chi connectivity index (χ2n) is 13.3. The molecule has 3 aromatic carbocycles. The molecule has 280 valence electrons. The lowest BCUT2D eigenvalue weighted by molar-refractivity contribution is -0.133. The maximum atomic E-state index is 14.0. The fourth-order valence-electron chi connectivity index (χ4n) is 6.04. The highest BCUT2D eigenvalue weighted by molar-refractivity contribution is 6.00. The second kappa shape index (κ2) is 18.5. The SMILES string of the molecule is COc1ccc2cc1OCC(=O)NCCC[C@H](NC(=O)c1ccc3nc[nH]c3c1)C(=O)N[C@@H](Cc1ccccc1)C(=O)N[C@H](C(C)C)C(=O)NCCC2. The summed E-state index contributed by atoms with van der Waals surface area (Å²) in [5.74, 6) is -1.72.